The number of ketones is 3. The molecule has 2 aromatic heterocycles. The molecule has 0 radical (unpaired) electrons. The molecular formula is C39H44FN5O7. The van der Waals surface area contributed by atoms with Crippen molar-refractivity contribution in [3.8, 4) is 11.5 Å². The van der Waals surface area contributed by atoms with Gasteiger partial charge in [-0.25, -0.2) is 4.39 Å². The van der Waals surface area contributed by atoms with Crippen LogP contribution in [-0.2, 0) is 34.0 Å². The van der Waals surface area contributed by atoms with Crippen LogP contribution in [0.15, 0.2) is 60.7 Å². The number of nitrogens with zero attached hydrogens (tertiary/aromatic N) is 5. The fraction of sp³-hybridized carbons (Fsp3) is 0.385. The van der Waals surface area contributed by atoms with Crippen LogP contribution < -0.4 is 9.47 Å². The predicted octanol–water partition coefficient (Wildman–Crippen LogP) is 5.92. The summed E-state index contributed by atoms with van der Waals surface area (Å²) in [6, 6.07) is 16.7. The summed E-state index contributed by atoms with van der Waals surface area (Å²) < 4.78 is 34.1. The Hall–Kier alpha value is -5.43. The number of halogens is 1. The first-order valence-electron chi connectivity index (χ1n) is 17.2. The van der Waals surface area contributed by atoms with E-state index in [4.69, 9.17) is 14.2 Å². The zero-order chi connectivity index (χ0) is 37.5. The average molecular weight is 714 g/mol. The number of methoxy groups -OCH3 is 2. The Labute approximate surface area is 301 Å². The van der Waals surface area contributed by atoms with Gasteiger partial charge in [-0.3, -0.25) is 28.5 Å². The second-order valence-corrected chi connectivity index (χ2v) is 13.2. The smallest absolute Gasteiger partial charge is 0.244 e. The number of rotatable bonds is 18. The molecule has 0 atom stereocenters. The Morgan fingerprint density at radius 3 is 1.83 bits per heavy atom. The lowest BCUT2D eigenvalue weighted by molar-refractivity contribution is -0.133. The highest BCUT2D eigenvalue weighted by Crippen LogP contribution is 2.27. The number of Topliss-reactive ketones (excluding diaryl/α,β-unsaturated/α-hetero) is 3. The highest BCUT2D eigenvalue weighted by molar-refractivity contribution is 6.08. The first-order chi connectivity index (χ1) is 24.9. The summed E-state index contributed by atoms with van der Waals surface area (Å²) in [5.74, 6) is -0.786. The second kappa shape index (κ2) is 16.7. The third-order valence-corrected chi connectivity index (χ3v) is 8.70. The van der Waals surface area contributed by atoms with Crippen molar-refractivity contribution in [1.29, 1.82) is 0 Å². The fourth-order valence-electron chi connectivity index (χ4n) is 5.82. The lowest BCUT2D eigenvalue weighted by Gasteiger charge is -2.23. The van der Waals surface area contributed by atoms with Crippen LogP contribution in [0.2, 0.25) is 0 Å². The molecule has 0 saturated carbocycles. The quantitative estimate of drug-likeness (QED) is 0.0801. The monoisotopic (exact) mass is 713 g/mol. The number of hydrogen-bond donors (Lipinski definition) is 0. The molecule has 0 N–H and O–H groups in total. The number of ether oxygens (including phenoxy) is 3. The number of carbonyl (C=O) groups excluding carboxylic acids is 4. The average Bonchev–Trinajstić information content (AvgIpc) is 3.67. The van der Waals surface area contributed by atoms with E-state index in [2.05, 4.69) is 10.2 Å². The maximum atomic E-state index is 14.7. The van der Waals surface area contributed by atoms with Crippen LogP contribution in [0, 0.1) is 17.7 Å². The molecule has 0 saturated heterocycles. The van der Waals surface area contributed by atoms with Crippen molar-refractivity contribution in [2.24, 2.45) is 11.8 Å². The number of hydrogen-bond acceptors (Lipinski definition) is 9. The van der Waals surface area contributed by atoms with E-state index >= 15 is 0 Å². The lowest BCUT2D eigenvalue weighted by atomic mass is 10.0. The van der Waals surface area contributed by atoms with Gasteiger partial charge in [0.15, 0.2) is 17.3 Å². The van der Waals surface area contributed by atoms with Gasteiger partial charge in [0, 0.05) is 60.0 Å². The summed E-state index contributed by atoms with van der Waals surface area (Å²) in [4.78, 5) is 54.2. The van der Waals surface area contributed by atoms with Crippen molar-refractivity contribution in [1.82, 2.24) is 24.5 Å². The first-order valence-corrected chi connectivity index (χ1v) is 17.2. The van der Waals surface area contributed by atoms with E-state index in [0.717, 1.165) is 0 Å². The van der Waals surface area contributed by atoms with Crippen LogP contribution >= 0.6 is 0 Å². The van der Waals surface area contributed by atoms with Crippen LogP contribution in [0.4, 0.5) is 4.39 Å². The minimum atomic E-state index is -0.441. The summed E-state index contributed by atoms with van der Waals surface area (Å²) in [6.45, 7) is 6.98. The van der Waals surface area contributed by atoms with Crippen molar-refractivity contribution < 1.29 is 37.8 Å². The van der Waals surface area contributed by atoms with Gasteiger partial charge < -0.3 is 19.1 Å². The lowest BCUT2D eigenvalue weighted by Crippen LogP contribution is -2.35. The van der Waals surface area contributed by atoms with Gasteiger partial charge in [0.1, 0.15) is 48.4 Å². The zero-order valence-corrected chi connectivity index (χ0v) is 30.3. The number of benzene rings is 3. The summed E-state index contributed by atoms with van der Waals surface area (Å²) in [5, 5.41) is 10.3. The fourth-order valence-corrected chi connectivity index (χ4v) is 5.82. The second-order valence-electron chi connectivity index (χ2n) is 13.2. The third-order valence-electron chi connectivity index (χ3n) is 8.70. The summed E-state index contributed by atoms with van der Waals surface area (Å²) in [5.41, 5.74) is 2.07. The van der Waals surface area contributed by atoms with Gasteiger partial charge in [0.05, 0.1) is 25.3 Å². The standard InChI is InChI=1S/C39H44FN5O7/c1-24(2)38(48)36-30-14-12-28(50-5)18-33(30)44(41-36)21-27(46)23-52-17-9-16-43(20-26-10-7-8-11-32(26)40)35(47)22-45-34-19-29(51-6)13-15-31(34)37(42-45)39(49)25(3)4/h7-8,10-15,18-19,24-25H,9,16-17,20-23H2,1-6H3. The highest BCUT2D eigenvalue weighted by Gasteiger charge is 2.24. The van der Waals surface area contributed by atoms with Crippen molar-refractivity contribution in [3.63, 3.8) is 0 Å². The molecule has 0 unspecified atom stereocenters. The van der Waals surface area contributed by atoms with Gasteiger partial charge >= 0.3 is 0 Å². The molecule has 2 heterocycles. The number of amides is 1. The molecule has 5 rings (SSSR count). The van der Waals surface area contributed by atoms with Crippen molar-refractivity contribution >= 4 is 45.1 Å². The summed E-state index contributed by atoms with van der Waals surface area (Å²) >= 11 is 0. The Bertz CT molecular complexity index is 2100. The zero-order valence-electron chi connectivity index (χ0n) is 30.3. The molecule has 52 heavy (non-hydrogen) atoms. The van der Waals surface area contributed by atoms with Crippen molar-refractivity contribution in [2.75, 3.05) is 34.0 Å². The Morgan fingerprint density at radius 2 is 1.31 bits per heavy atom. The number of fused-ring (bicyclic) bond motifs is 2. The van der Waals surface area contributed by atoms with E-state index in [9.17, 15) is 23.6 Å². The highest BCUT2D eigenvalue weighted by atomic mass is 19.1. The Kier molecular flexibility index (Phi) is 12.2. The van der Waals surface area contributed by atoms with Gasteiger partial charge in [-0.15, -0.1) is 0 Å². The normalized spacial score (nSPS) is 11.5. The predicted molar refractivity (Wildman–Crippen MR) is 193 cm³/mol. The van der Waals surface area contributed by atoms with Crippen LogP contribution in [-0.4, -0.2) is 81.7 Å². The van der Waals surface area contributed by atoms with E-state index in [1.807, 2.05) is 0 Å². The van der Waals surface area contributed by atoms with Gasteiger partial charge in [0.25, 0.3) is 0 Å². The minimum Gasteiger partial charge on any atom is -0.497 e. The Balaban J connectivity index is 1.26. The third kappa shape index (κ3) is 8.53. The number of carbonyl (C=O) groups is 4. The van der Waals surface area contributed by atoms with Gasteiger partial charge in [0.2, 0.25) is 5.91 Å². The molecule has 0 aliphatic carbocycles. The molecule has 13 heteroatoms. The molecule has 3 aromatic carbocycles. The van der Waals surface area contributed by atoms with Gasteiger partial charge in [-0.2, -0.15) is 10.2 Å². The molecule has 274 valence electrons. The molecule has 0 aliphatic rings. The molecule has 1 amide bonds. The SMILES string of the molecule is COc1ccc2c(C(=O)C(C)C)nn(CC(=O)COCCCN(Cc3ccccc3F)C(=O)Cn3nc(C(=O)C(C)C)c4ccc(OC)cc43)c2c1. The maximum Gasteiger partial charge on any atom is 0.244 e. The van der Waals surface area contributed by atoms with Crippen LogP contribution in [0.1, 0.15) is 60.7 Å². The summed E-state index contributed by atoms with van der Waals surface area (Å²) in [7, 11) is 3.07. The summed E-state index contributed by atoms with van der Waals surface area (Å²) in [6.07, 6.45) is 0.354. The van der Waals surface area contributed by atoms with E-state index < -0.39 is 5.82 Å². The molecule has 0 aliphatic heterocycles. The molecule has 0 bridgehead atoms. The minimum absolute atomic E-state index is 0.00198. The van der Waals surface area contributed by atoms with E-state index in [1.54, 1.807) is 82.3 Å². The van der Waals surface area contributed by atoms with Gasteiger partial charge in [-0.1, -0.05) is 45.9 Å². The topological polar surface area (TPSA) is 135 Å². The van der Waals surface area contributed by atoms with E-state index in [-0.39, 0.29) is 80.2 Å². The van der Waals surface area contributed by atoms with Crippen LogP contribution in [0.25, 0.3) is 21.8 Å². The van der Waals surface area contributed by atoms with Crippen molar-refractivity contribution in [3.05, 3.63) is 83.4 Å². The van der Waals surface area contributed by atoms with Gasteiger partial charge in [-0.05, 0) is 36.8 Å². The Morgan fingerprint density at radius 1 is 0.769 bits per heavy atom. The largest absolute Gasteiger partial charge is 0.497 e. The first kappa shape index (κ1) is 37.8. The van der Waals surface area contributed by atoms with Crippen LogP contribution in [0.5, 0.6) is 11.5 Å². The molecule has 5 aromatic rings. The van der Waals surface area contributed by atoms with Crippen molar-refractivity contribution in [2.45, 2.75) is 53.8 Å². The molecule has 0 fully saturated rings. The molecule has 12 nitrogen and oxygen atoms in total. The molecular weight excluding hydrogens is 669 g/mol. The molecule has 0 spiro atoms. The number of aromatic nitrogens is 4. The van der Waals surface area contributed by atoms with E-state index in [1.165, 1.54) is 34.5 Å². The van der Waals surface area contributed by atoms with E-state index in [0.29, 0.717) is 51.0 Å². The maximum absolute atomic E-state index is 14.7. The van der Waals surface area contributed by atoms with Crippen LogP contribution in [0.3, 0.4) is 0 Å².